The van der Waals surface area contributed by atoms with Crippen LogP contribution in [-0.4, -0.2) is 0 Å². The molecule has 0 aliphatic heterocycles. The molecule has 0 N–H and O–H groups in total. The maximum absolute atomic E-state index is 13.8. The van der Waals surface area contributed by atoms with E-state index in [9.17, 15) is 8.78 Å². The Bertz CT molecular complexity index is 557. The van der Waals surface area contributed by atoms with Gasteiger partial charge >= 0.3 is 0 Å². The fourth-order valence-corrected chi connectivity index (χ4v) is 2.65. The first-order valence-electron chi connectivity index (χ1n) is 5.40. The van der Waals surface area contributed by atoms with E-state index in [-0.39, 0.29) is 15.7 Å². The number of rotatable bonds is 3. The van der Waals surface area contributed by atoms with Gasteiger partial charge in [0.25, 0.3) is 0 Å². The molecule has 0 aliphatic rings. The van der Waals surface area contributed by atoms with Crippen molar-refractivity contribution in [1.82, 2.24) is 0 Å². The SMILES string of the molecule is Fc1cccc(CC(Br)c2cccc(Cl)c2F)c1. The van der Waals surface area contributed by atoms with Crippen molar-refractivity contribution in [3.05, 3.63) is 70.2 Å². The fraction of sp³-hybridized carbons (Fsp3) is 0.143. The molecule has 2 aromatic rings. The zero-order chi connectivity index (χ0) is 13.1. The topological polar surface area (TPSA) is 0 Å². The smallest absolute Gasteiger partial charge is 0.146 e. The number of hydrogen-bond acceptors (Lipinski definition) is 0. The first-order chi connectivity index (χ1) is 8.58. The lowest BCUT2D eigenvalue weighted by molar-refractivity contribution is 0.607. The maximum atomic E-state index is 13.8. The molecule has 0 amide bonds. The van der Waals surface area contributed by atoms with Crippen LogP contribution in [0.3, 0.4) is 0 Å². The monoisotopic (exact) mass is 330 g/mol. The third-order valence-corrected chi connectivity index (χ3v) is 3.73. The van der Waals surface area contributed by atoms with Crippen LogP contribution in [-0.2, 0) is 6.42 Å². The van der Waals surface area contributed by atoms with Crippen molar-refractivity contribution in [2.45, 2.75) is 11.2 Å². The highest BCUT2D eigenvalue weighted by Crippen LogP contribution is 2.31. The Labute approximate surface area is 118 Å². The second-order valence-electron chi connectivity index (χ2n) is 3.94. The normalized spacial score (nSPS) is 12.4. The van der Waals surface area contributed by atoms with Gasteiger partial charge < -0.3 is 0 Å². The summed E-state index contributed by atoms with van der Waals surface area (Å²) in [6, 6.07) is 11.1. The van der Waals surface area contributed by atoms with Gasteiger partial charge in [0, 0.05) is 10.4 Å². The first-order valence-corrected chi connectivity index (χ1v) is 6.69. The lowest BCUT2D eigenvalue weighted by Gasteiger charge is -2.12. The summed E-state index contributed by atoms with van der Waals surface area (Å²) in [5, 5.41) is 0.0937. The molecule has 0 radical (unpaired) electrons. The summed E-state index contributed by atoms with van der Waals surface area (Å²) in [5.74, 6) is -0.726. The molecule has 18 heavy (non-hydrogen) atoms. The molecule has 0 saturated heterocycles. The van der Waals surface area contributed by atoms with E-state index in [2.05, 4.69) is 15.9 Å². The van der Waals surface area contributed by atoms with Gasteiger partial charge in [-0.2, -0.15) is 0 Å². The average molecular weight is 332 g/mol. The van der Waals surface area contributed by atoms with Crippen LogP contribution in [0.4, 0.5) is 8.78 Å². The van der Waals surface area contributed by atoms with Gasteiger partial charge in [0.05, 0.1) is 5.02 Å². The van der Waals surface area contributed by atoms with Gasteiger partial charge in [-0.25, -0.2) is 8.78 Å². The predicted octanol–water partition coefficient (Wildman–Crippen LogP) is 5.30. The minimum atomic E-state index is -0.433. The van der Waals surface area contributed by atoms with E-state index in [0.717, 1.165) is 5.56 Å². The summed E-state index contributed by atoms with van der Waals surface area (Å²) in [4.78, 5) is -0.238. The Morgan fingerprint density at radius 1 is 1.11 bits per heavy atom. The lowest BCUT2D eigenvalue weighted by Crippen LogP contribution is -1.99. The molecule has 2 aromatic carbocycles. The zero-order valence-corrected chi connectivity index (χ0v) is 11.7. The Kier molecular flexibility index (Phi) is 4.36. The fourth-order valence-electron chi connectivity index (χ4n) is 1.74. The van der Waals surface area contributed by atoms with Crippen molar-refractivity contribution >= 4 is 27.5 Å². The van der Waals surface area contributed by atoms with Gasteiger partial charge in [0.2, 0.25) is 0 Å². The Hall–Kier alpha value is -0.930. The molecule has 0 saturated carbocycles. The molecule has 1 atom stereocenters. The lowest BCUT2D eigenvalue weighted by atomic mass is 10.0. The number of benzene rings is 2. The Morgan fingerprint density at radius 2 is 1.83 bits per heavy atom. The van der Waals surface area contributed by atoms with Gasteiger partial charge in [-0.3, -0.25) is 0 Å². The molecule has 0 aliphatic carbocycles. The molecule has 0 bridgehead atoms. The second kappa shape index (κ2) is 5.81. The molecule has 0 fully saturated rings. The van der Waals surface area contributed by atoms with Gasteiger partial charge in [-0.15, -0.1) is 0 Å². The summed E-state index contributed by atoms with van der Waals surface area (Å²) in [7, 11) is 0. The van der Waals surface area contributed by atoms with Gasteiger partial charge in [0.1, 0.15) is 11.6 Å². The predicted molar refractivity (Wildman–Crippen MR) is 73.2 cm³/mol. The summed E-state index contributed by atoms with van der Waals surface area (Å²) in [6.07, 6.45) is 0.495. The van der Waals surface area contributed by atoms with Crippen LogP contribution in [0, 0.1) is 11.6 Å². The minimum Gasteiger partial charge on any atom is -0.207 e. The number of halogens is 4. The highest BCUT2D eigenvalue weighted by molar-refractivity contribution is 9.09. The second-order valence-corrected chi connectivity index (χ2v) is 5.46. The van der Waals surface area contributed by atoms with Gasteiger partial charge in [-0.1, -0.05) is 51.8 Å². The summed E-state index contributed by atoms with van der Waals surface area (Å²) >= 11 is 9.14. The molecule has 4 heteroatoms. The number of hydrogen-bond donors (Lipinski definition) is 0. The molecular weight excluding hydrogens is 322 g/mol. The van der Waals surface area contributed by atoms with Crippen molar-refractivity contribution in [1.29, 1.82) is 0 Å². The third-order valence-electron chi connectivity index (χ3n) is 2.62. The molecule has 94 valence electrons. The number of alkyl halides is 1. The van der Waals surface area contributed by atoms with E-state index in [1.54, 1.807) is 24.3 Å². The zero-order valence-electron chi connectivity index (χ0n) is 9.34. The molecule has 0 nitrogen and oxygen atoms in total. The van der Waals surface area contributed by atoms with Gasteiger partial charge in [0.15, 0.2) is 0 Å². The van der Waals surface area contributed by atoms with Crippen LogP contribution in [0.2, 0.25) is 5.02 Å². The van der Waals surface area contributed by atoms with E-state index in [0.29, 0.717) is 12.0 Å². The molecular formula is C14H10BrClF2. The first kappa shape index (κ1) is 13.5. The van der Waals surface area contributed by atoms with Crippen LogP contribution < -0.4 is 0 Å². The highest BCUT2D eigenvalue weighted by Gasteiger charge is 2.15. The van der Waals surface area contributed by atoms with Crippen molar-refractivity contribution in [3.63, 3.8) is 0 Å². The Morgan fingerprint density at radius 3 is 2.56 bits per heavy atom. The molecule has 0 spiro atoms. The minimum absolute atomic E-state index is 0.0937. The van der Waals surface area contributed by atoms with Crippen LogP contribution in [0.5, 0.6) is 0 Å². The van der Waals surface area contributed by atoms with Crippen LogP contribution in [0.25, 0.3) is 0 Å². The van der Waals surface area contributed by atoms with E-state index in [1.165, 1.54) is 18.2 Å². The van der Waals surface area contributed by atoms with Crippen LogP contribution >= 0.6 is 27.5 Å². The standard InChI is InChI=1S/C14H10BrClF2/c15-12(8-9-3-1-4-10(17)7-9)11-5-2-6-13(16)14(11)18/h1-7,12H,8H2. The largest absolute Gasteiger partial charge is 0.207 e. The van der Waals surface area contributed by atoms with Crippen molar-refractivity contribution in [2.75, 3.05) is 0 Å². The quantitative estimate of drug-likeness (QED) is 0.670. The van der Waals surface area contributed by atoms with E-state index in [1.807, 2.05) is 0 Å². The average Bonchev–Trinajstić information content (AvgIpc) is 2.32. The summed E-state index contributed by atoms with van der Waals surface area (Å²) in [6.45, 7) is 0. The molecule has 2 rings (SSSR count). The molecule has 0 aromatic heterocycles. The van der Waals surface area contributed by atoms with Crippen molar-refractivity contribution < 1.29 is 8.78 Å². The van der Waals surface area contributed by atoms with E-state index in [4.69, 9.17) is 11.6 Å². The summed E-state index contributed by atoms with van der Waals surface area (Å²) in [5.41, 5.74) is 1.28. The molecule has 0 heterocycles. The van der Waals surface area contributed by atoms with E-state index >= 15 is 0 Å². The third kappa shape index (κ3) is 3.09. The van der Waals surface area contributed by atoms with Gasteiger partial charge in [-0.05, 0) is 30.2 Å². The van der Waals surface area contributed by atoms with Crippen molar-refractivity contribution in [2.24, 2.45) is 0 Å². The van der Waals surface area contributed by atoms with Crippen LogP contribution in [0.15, 0.2) is 42.5 Å². The molecule has 1 unspecified atom stereocenters. The van der Waals surface area contributed by atoms with Crippen LogP contribution in [0.1, 0.15) is 16.0 Å². The van der Waals surface area contributed by atoms with Crippen molar-refractivity contribution in [3.8, 4) is 0 Å². The van der Waals surface area contributed by atoms with E-state index < -0.39 is 5.82 Å². The Balaban J connectivity index is 2.22. The summed E-state index contributed by atoms with van der Waals surface area (Å²) < 4.78 is 26.9. The maximum Gasteiger partial charge on any atom is 0.146 e. The highest BCUT2D eigenvalue weighted by atomic mass is 79.9.